The first kappa shape index (κ1) is 6.55. The van der Waals surface area contributed by atoms with Crippen molar-refractivity contribution in [1.29, 1.82) is 0 Å². The maximum Gasteiger partial charge on any atom is 0.0760 e. The van der Waals surface area contributed by atoms with Crippen LogP contribution in [0.25, 0.3) is 0 Å². The lowest BCUT2D eigenvalue weighted by atomic mass is 10.2. The van der Waals surface area contributed by atoms with E-state index in [0.717, 1.165) is 12.8 Å². The maximum absolute atomic E-state index is 9.11. The fourth-order valence-electron chi connectivity index (χ4n) is 0.858. The first-order valence-electron chi connectivity index (χ1n) is 2.75. The topological polar surface area (TPSA) is 20.2 Å². The second-order valence-electron chi connectivity index (χ2n) is 2.14. The largest absolute Gasteiger partial charge is 0.389 e. The summed E-state index contributed by atoms with van der Waals surface area (Å²) in [5, 5.41) is 9.11. The minimum Gasteiger partial charge on any atom is -0.389 e. The Morgan fingerprint density at radius 1 is 1.75 bits per heavy atom. The third kappa shape index (κ3) is 1.05. The molecule has 0 amide bonds. The Kier molecular flexibility index (Phi) is 1.92. The number of allylic oxidation sites excluding steroid dienone is 1. The van der Waals surface area contributed by atoms with Crippen LogP contribution in [0.1, 0.15) is 19.8 Å². The number of hydrogen-bond acceptors (Lipinski definition) is 1. The van der Waals surface area contributed by atoms with Gasteiger partial charge in [-0.05, 0) is 51.5 Å². The van der Waals surface area contributed by atoms with Gasteiger partial charge in [0.2, 0.25) is 0 Å². The monoisotopic (exact) mass is 224 g/mol. The molecule has 8 heavy (non-hydrogen) atoms. The molecule has 0 saturated heterocycles. The van der Waals surface area contributed by atoms with E-state index >= 15 is 0 Å². The quantitative estimate of drug-likeness (QED) is 0.622. The average molecular weight is 224 g/mol. The molecule has 0 bridgehead atoms. The van der Waals surface area contributed by atoms with Crippen molar-refractivity contribution in [3.8, 4) is 0 Å². The summed E-state index contributed by atoms with van der Waals surface area (Å²) in [4.78, 5) is 0. The maximum atomic E-state index is 9.11. The molecule has 1 N–H and O–H groups in total. The molecule has 1 atom stereocenters. The Morgan fingerprint density at radius 3 is 2.50 bits per heavy atom. The van der Waals surface area contributed by atoms with Gasteiger partial charge in [0.25, 0.3) is 0 Å². The van der Waals surface area contributed by atoms with Crippen molar-refractivity contribution in [2.24, 2.45) is 0 Å². The molecule has 46 valence electrons. The minimum absolute atomic E-state index is 0.137. The summed E-state index contributed by atoms with van der Waals surface area (Å²) in [6, 6.07) is 0. The predicted molar refractivity (Wildman–Crippen MR) is 42.0 cm³/mol. The number of aliphatic hydroxyl groups excluding tert-OH is 1. The molecule has 0 aromatic rings. The Balaban J connectivity index is 2.71. The third-order valence-electron chi connectivity index (χ3n) is 1.56. The van der Waals surface area contributed by atoms with E-state index in [2.05, 4.69) is 22.6 Å². The van der Waals surface area contributed by atoms with E-state index in [1.165, 1.54) is 9.15 Å². The highest BCUT2D eigenvalue weighted by Gasteiger charge is 2.16. The van der Waals surface area contributed by atoms with Gasteiger partial charge >= 0.3 is 0 Å². The molecule has 0 saturated carbocycles. The van der Waals surface area contributed by atoms with Crippen molar-refractivity contribution < 1.29 is 5.11 Å². The first-order chi connectivity index (χ1) is 3.72. The summed E-state index contributed by atoms with van der Waals surface area (Å²) in [6.45, 7) is 2.00. The number of hydrogen-bond donors (Lipinski definition) is 1. The van der Waals surface area contributed by atoms with Crippen molar-refractivity contribution in [2.75, 3.05) is 0 Å². The molecule has 0 aromatic heterocycles. The molecule has 0 fully saturated rings. The standard InChI is InChI=1S/C6H9IO/c1-4-5(7)2-3-6(4)8/h6,8H,2-3H2,1H3. The van der Waals surface area contributed by atoms with Gasteiger partial charge < -0.3 is 5.11 Å². The summed E-state index contributed by atoms with van der Waals surface area (Å²) in [6.07, 6.45) is 1.87. The molecule has 1 aliphatic carbocycles. The van der Waals surface area contributed by atoms with Crippen LogP contribution >= 0.6 is 22.6 Å². The Morgan fingerprint density at radius 2 is 2.38 bits per heavy atom. The molecule has 1 rings (SSSR count). The van der Waals surface area contributed by atoms with Gasteiger partial charge in [-0.1, -0.05) is 0 Å². The van der Waals surface area contributed by atoms with Gasteiger partial charge in [0.1, 0.15) is 0 Å². The molecule has 1 nitrogen and oxygen atoms in total. The second-order valence-corrected chi connectivity index (χ2v) is 3.44. The van der Waals surface area contributed by atoms with E-state index in [1.807, 2.05) is 6.92 Å². The van der Waals surface area contributed by atoms with E-state index in [4.69, 9.17) is 5.11 Å². The van der Waals surface area contributed by atoms with Gasteiger partial charge in [0.15, 0.2) is 0 Å². The molecule has 1 unspecified atom stereocenters. The van der Waals surface area contributed by atoms with Crippen LogP contribution in [0.3, 0.4) is 0 Å². The van der Waals surface area contributed by atoms with Crippen LogP contribution in [-0.4, -0.2) is 11.2 Å². The van der Waals surface area contributed by atoms with Crippen LogP contribution in [0.15, 0.2) is 9.15 Å². The predicted octanol–water partition coefficient (Wildman–Crippen LogP) is 1.85. The van der Waals surface area contributed by atoms with Crippen LogP contribution in [0, 0.1) is 0 Å². The lowest BCUT2D eigenvalue weighted by molar-refractivity contribution is 0.212. The van der Waals surface area contributed by atoms with Crippen LogP contribution < -0.4 is 0 Å². The Labute approximate surface area is 62.9 Å². The summed E-state index contributed by atoms with van der Waals surface area (Å²) in [5.74, 6) is 0. The molecule has 1 aliphatic rings. The van der Waals surface area contributed by atoms with Gasteiger partial charge in [-0.3, -0.25) is 0 Å². The van der Waals surface area contributed by atoms with Crippen molar-refractivity contribution in [2.45, 2.75) is 25.9 Å². The smallest absolute Gasteiger partial charge is 0.0760 e. The lowest BCUT2D eigenvalue weighted by Crippen LogP contribution is -2.00. The summed E-state index contributed by atoms with van der Waals surface area (Å²) in [5.41, 5.74) is 1.17. The zero-order chi connectivity index (χ0) is 6.15. The zero-order valence-electron chi connectivity index (χ0n) is 4.82. The van der Waals surface area contributed by atoms with Crippen molar-refractivity contribution in [3.05, 3.63) is 9.15 Å². The summed E-state index contributed by atoms with van der Waals surface area (Å²) >= 11 is 2.29. The summed E-state index contributed by atoms with van der Waals surface area (Å²) in [7, 11) is 0. The van der Waals surface area contributed by atoms with Crippen molar-refractivity contribution in [3.63, 3.8) is 0 Å². The fraction of sp³-hybridized carbons (Fsp3) is 0.667. The van der Waals surface area contributed by atoms with Crippen LogP contribution in [-0.2, 0) is 0 Å². The molecule has 2 heteroatoms. The normalized spacial score (nSPS) is 29.6. The number of halogens is 1. The van der Waals surface area contributed by atoms with Crippen molar-refractivity contribution >= 4 is 22.6 Å². The lowest BCUT2D eigenvalue weighted by Gasteiger charge is -1.98. The molecule has 0 radical (unpaired) electrons. The van der Waals surface area contributed by atoms with Gasteiger partial charge in [-0.15, -0.1) is 0 Å². The highest BCUT2D eigenvalue weighted by Crippen LogP contribution is 2.30. The van der Waals surface area contributed by atoms with Crippen LogP contribution in [0.2, 0.25) is 0 Å². The van der Waals surface area contributed by atoms with E-state index in [1.54, 1.807) is 0 Å². The van der Waals surface area contributed by atoms with E-state index < -0.39 is 0 Å². The molecule has 0 aromatic carbocycles. The van der Waals surface area contributed by atoms with Gasteiger partial charge in [0.05, 0.1) is 6.10 Å². The van der Waals surface area contributed by atoms with Crippen molar-refractivity contribution in [1.82, 2.24) is 0 Å². The Bertz CT molecular complexity index is 128. The second kappa shape index (κ2) is 2.35. The highest BCUT2D eigenvalue weighted by molar-refractivity contribution is 14.1. The van der Waals surface area contributed by atoms with Gasteiger partial charge in [0, 0.05) is 0 Å². The molecular formula is C6H9IO. The average Bonchev–Trinajstić information content (AvgIpc) is 1.98. The summed E-state index contributed by atoms with van der Waals surface area (Å²) < 4.78 is 1.34. The van der Waals surface area contributed by atoms with Gasteiger partial charge in [-0.2, -0.15) is 0 Å². The van der Waals surface area contributed by atoms with E-state index in [9.17, 15) is 0 Å². The van der Waals surface area contributed by atoms with E-state index in [0.29, 0.717) is 0 Å². The SMILES string of the molecule is CC1=C(I)CCC1O. The third-order valence-corrected chi connectivity index (χ3v) is 2.96. The first-order valence-corrected chi connectivity index (χ1v) is 3.83. The zero-order valence-corrected chi connectivity index (χ0v) is 6.97. The van der Waals surface area contributed by atoms with Gasteiger partial charge in [-0.25, -0.2) is 0 Å². The number of aliphatic hydroxyl groups is 1. The van der Waals surface area contributed by atoms with Crippen LogP contribution in [0.5, 0.6) is 0 Å². The molecule has 0 heterocycles. The minimum atomic E-state index is -0.137. The molecule has 0 spiro atoms. The number of rotatable bonds is 0. The Hall–Kier alpha value is 0.430. The van der Waals surface area contributed by atoms with E-state index in [-0.39, 0.29) is 6.10 Å². The highest BCUT2D eigenvalue weighted by atomic mass is 127. The molecular weight excluding hydrogens is 215 g/mol. The molecule has 0 aliphatic heterocycles. The van der Waals surface area contributed by atoms with Crippen LogP contribution in [0.4, 0.5) is 0 Å². The fourth-order valence-corrected chi connectivity index (χ4v) is 1.53.